The van der Waals surface area contributed by atoms with E-state index in [4.69, 9.17) is 0 Å². The molecule has 0 unspecified atom stereocenters. The third kappa shape index (κ3) is 1.91. The zero-order chi connectivity index (χ0) is 12.5. The number of nitrogens with one attached hydrogen (secondary N) is 1. The van der Waals surface area contributed by atoms with Crippen molar-refractivity contribution in [1.29, 1.82) is 0 Å². The van der Waals surface area contributed by atoms with Gasteiger partial charge in [-0.2, -0.15) is 12.6 Å². The molecule has 0 radical (unpaired) electrons. The van der Waals surface area contributed by atoms with Crippen LogP contribution in [0.5, 0.6) is 0 Å². The van der Waals surface area contributed by atoms with E-state index in [-0.39, 0.29) is 11.7 Å². The topological polar surface area (TPSA) is 29.1 Å². The minimum absolute atomic E-state index is 0.0752. The van der Waals surface area contributed by atoms with Gasteiger partial charge in [0.25, 0.3) is 0 Å². The highest BCUT2D eigenvalue weighted by molar-refractivity contribution is 7.81. The average molecular weight is 255 g/mol. The van der Waals surface area contributed by atoms with Crippen LogP contribution in [-0.2, 0) is 11.2 Å². The van der Waals surface area contributed by atoms with Crippen LogP contribution in [0.3, 0.4) is 0 Å². The Kier molecular flexibility index (Phi) is 2.84. The fourth-order valence-electron chi connectivity index (χ4n) is 2.42. The lowest BCUT2D eigenvalue weighted by Crippen LogP contribution is -2.12. The van der Waals surface area contributed by atoms with E-state index in [0.29, 0.717) is 0 Å². The van der Waals surface area contributed by atoms with Crippen molar-refractivity contribution >= 4 is 24.2 Å². The Morgan fingerprint density at radius 2 is 1.89 bits per heavy atom. The predicted octanol–water partition coefficient (Wildman–Crippen LogP) is 3.13. The van der Waals surface area contributed by atoms with E-state index < -0.39 is 0 Å². The summed E-state index contributed by atoms with van der Waals surface area (Å²) in [6.45, 7) is 0. The average Bonchev–Trinajstić information content (AvgIpc) is 2.76. The van der Waals surface area contributed by atoms with Crippen LogP contribution in [0.25, 0.3) is 11.1 Å². The minimum atomic E-state index is -0.0752. The van der Waals surface area contributed by atoms with E-state index in [0.717, 1.165) is 12.1 Å². The second kappa shape index (κ2) is 4.50. The number of benzene rings is 2. The Bertz CT molecular complexity index is 622. The van der Waals surface area contributed by atoms with Gasteiger partial charge in [-0.05, 0) is 40.8 Å². The van der Waals surface area contributed by atoms with Crippen LogP contribution in [0.1, 0.15) is 11.1 Å². The molecule has 0 bridgehead atoms. The van der Waals surface area contributed by atoms with Gasteiger partial charge in [0.1, 0.15) is 0 Å². The number of carbonyl (C=O) groups is 1. The molecule has 1 aliphatic rings. The van der Waals surface area contributed by atoms with Crippen LogP contribution in [0.15, 0.2) is 42.5 Å². The van der Waals surface area contributed by atoms with Crippen LogP contribution in [0, 0.1) is 0 Å². The van der Waals surface area contributed by atoms with Crippen molar-refractivity contribution in [3.05, 3.63) is 53.6 Å². The van der Waals surface area contributed by atoms with E-state index >= 15 is 0 Å². The fourth-order valence-corrected chi connectivity index (χ4v) is 2.50. The van der Waals surface area contributed by atoms with Crippen LogP contribution in [0.2, 0.25) is 0 Å². The second-order valence-electron chi connectivity index (χ2n) is 4.41. The molecule has 0 fully saturated rings. The van der Waals surface area contributed by atoms with Crippen LogP contribution in [0.4, 0.5) is 5.69 Å². The molecule has 0 aliphatic heterocycles. The molecule has 2 nitrogen and oxygen atoms in total. The molecule has 0 saturated heterocycles. The molecule has 2 aromatic rings. The second-order valence-corrected chi connectivity index (χ2v) is 4.73. The smallest absolute Gasteiger partial charge is 0.234 e. The number of hydrogen-bond donors (Lipinski definition) is 2. The number of anilines is 1. The third-order valence-corrected chi connectivity index (χ3v) is 3.51. The van der Waals surface area contributed by atoms with Gasteiger partial charge in [-0.15, -0.1) is 0 Å². The molecule has 90 valence electrons. The molecule has 1 N–H and O–H groups in total. The molecule has 1 aliphatic carbocycles. The fraction of sp³-hybridized carbons (Fsp3) is 0.133. The lowest BCUT2D eigenvalue weighted by atomic mass is 10.1. The van der Waals surface area contributed by atoms with Crippen molar-refractivity contribution in [1.82, 2.24) is 0 Å². The number of carbonyl (C=O) groups excluding carboxylic acids is 1. The number of amides is 1. The summed E-state index contributed by atoms with van der Waals surface area (Å²) in [6.07, 6.45) is 0.941. The van der Waals surface area contributed by atoms with Crippen molar-refractivity contribution in [3.63, 3.8) is 0 Å². The van der Waals surface area contributed by atoms with Gasteiger partial charge in [-0.25, -0.2) is 0 Å². The van der Waals surface area contributed by atoms with Crippen molar-refractivity contribution in [3.8, 4) is 11.1 Å². The van der Waals surface area contributed by atoms with Gasteiger partial charge < -0.3 is 5.32 Å². The molecule has 2 aromatic carbocycles. The zero-order valence-corrected chi connectivity index (χ0v) is 10.7. The SMILES string of the molecule is O=C(CS)Nc1ccc2c(c1)Cc1ccccc1-2. The lowest BCUT2D eigenvalue weighted by Gasteiger charge is -2.06. The maximum Gasteiger partial charge on any atom is 0.234 e. The largest absolute Gasteiger partial charge is 0.325 e. The van der Waals surface area contributed by atoms with E-state index in [2.05, 4.69) is 54.3 Å². The first-order valence-corrected chi connectivity index (χ1v) is 6.53. The van der Waals surface area contributed by atoms with E-state index in [1.165, 1.54) is 22.3 Å². The molecule has 0 aromatic heterocycles. The number of fused-ring (bicyclic) bond motifs is 3. The van der Waals surface area contributed by atoms with Gasteiger partial charge in [0, 0.05) is 5.69 Å². The molecule has 0 heterocycles. The minimum Gasteiger partial charge on any atom is -0.325 e. The summed E-state index contributed by atoms with van der Waals surface area (Å²) in [6, 6.07) is 14.5. The molecular weight excluding hydrogens is 242 g/mol. The van der Waals surface area contributed by atoms with Crippen molar-refractivity contribution < 1.29 is 4.79 Å². The molecule has 0 atom stereocenters. The van der Waals surface area contributed by atoms with Crippen LogP contribution >= 0.6 is 12.6 Å². The highest BCUT2D eigenvalue weighted by atomic mass is 32.1. The maximum atomic E-state index is 11.3. The standard InChI is InChI=1S/C15H13NOS/c17-15(9-18)16-12-5-6-14-11(8-12)7-10-3-1-2-4-13(10)14/h1-6,8,18H,7,9H2,(H,16,17). The summed E-state index contributed by atoms with van der Waals surface area (Å²) in [4.78, 5) is 11.3. The molecule has 3 rings (SSSR count). The Labute approximate surface area is 111 Å². The summed E-state index contributed by atoms with van der Waals surface area (Å²) in [5.41, 5.74) is 6.05. The third-order valence-electron chi connectivity index (χ3n) is 3.22. The first kappa shape index (κ1) is 11.4. The van der Waals surface area contributed by atoms with Gasteiger partial charge in [0.2, 0.25) is 5.91 Å². The van der Waals surface area contributed by atoms with Gasteiger partial charge in [-0.3, -0.25) is 4.79 Å². The Morgan fingerprint density at radius 1 is 1.11 bits per heavy atom. The highest BCUT2D eigenvalue weighted by Gasteiger charge is 2.17. The highest BCUT2D eigenvalue weighted by Crippen LogP contribution is 2.37. The summed E-state index contributed by atoms with van der Waals surface area (Å²) < 4.78 is 0. The maximum absolute atomic E-state index is 11.3. The molecule has 0 spiro atoms. The predicted molar refractivity (Wildman–Crippen MR) is 77.2 cm³/mol. The van der Waals surface area contributed by atoms with E-state index in [9.17, 15) is 4.79 Å². The van der Waals surface area contributed by atoms with Gasteiger partial charge in [0.15, 0.2) is 0 Å². The Balaban J connectivity index is 1.96. The Morgan fingerprint density at radius 3 is 2.72 bits per heavy atom. The molecule has 18 heavy (non-hydrogen) atoms. The summed E-state index contributed by atoms with van der Waals surface area (Å²) in [5.74, 6) is 0.130. The first-order chi connectivity index (χ1) is 8.78. The van der Waals surface area contributed by atoms with Crippen LogP contribution in [-0.4, -0.2) is 11.7 Å². The van der Waals surface area contributed by atoms with E-state index in [1.807, 2.05) is 6.07 Å². The molecule has 3 heteroatoms. The summed E-state index contributed by atoms with van der Waals surface area (Å²) >= 11 is 3.96. The first-order valence-electron chi connectivity index (χ1n) is 5.90. The van der Waals surface area contributed by atoms with Gasteiger partial charge in [0.05, 0.1) is 5.75 Å². The van der Waals surface area contributed by atoms with Crippen molar-refractivity contribution in [2.24, 2.45) is 0 Å². The normalized spacial score (nSPS) is 11.8. The molecular formula is C15H13NOS. The molecule has 0 saturated carbocycles. The number of thiol groups is 1. The quantitative estimate of drug-likeness (QED) is 0.677. The lowest BCUT2D eigenvalue weighted by molar-refractivity contribution is -0.113. The van der Waals surface area contributed by atoms with Gasteiger partial charge in [-0.1, -0.05) is 30.3 Å². The number of hydrogen-bond acceptors (Lipinski definition) is 2. The van der Waals surface area contributed by atoms with Crippen LogP contribution < -0.4 is 5.32 Å². The number of rotatable bonds is 2. The summed E-state index contributed by atoms with van der Waals surface area (Å²) in [5, 5.41) is 2.83. The summed E-state index contributed by atoms with van der Waals surface area (Å²) in [7, 11) is 0. The van der Waals surface area contributed by atoms with Crippen molar-refractivity contribution in [2.75, 3.05) is 11.1 Å². The Hall–Kier alpha value is -1.74. The molecule has 1 amide bonds. The monoisotopic (exact) mass is 255 g/mol. The van der Waals surface area contributed by atoms with E-state index in [1.54, 1.807) is 0 Å². The van der Waals surface area contributed by atoms with Gasteiger partial charge >= 0.3 is 0 Å². The zero-order valence-electron chi connectivity index (χ0n) is 9.81. The van der Waals surface area contributed by atoms with Crippen molar-refractivity contribution in [2.45, 2.75) is 6.42 Å².